The third kappa shape index (κ3) is 3.27. The zero-order chi connectivity index (χ0) is 15.7. The SMILES string of the molecule is CC1CN(C(=O)C2CNNC2c2ccc(Cl)cc2)CC(C)O1. The van der Waals surface area contributed by atoms with Crippen LogP contribution in [0.15, 0.2) is 24.3 Å². The predicted octanol–water partition coefficient (Wildman–Crippen LogP) is 1.74. The molecular formula is C16H22ClN3O2. The van der Waals surface area contributed by atoms with Crippen LogP contribution in [0.4, 0.5) is 0 Å². The number of halogens is 1. The van der Waals surface area contributed by atoms with Crippen molar-refractivity contribution in [2.75, 3.05) is 19.6 Å². The van der Waals surface area contributed by atoms with E-state index in [1.807, 2.05) is 43.0 Å². The van der Waals surface area contributed by atoms with E-state index in [0.29, 0.717) is 24.7 Å². The van der Waals surface area contributed by atoms with Gasteiger partial charge in [0.25, 0.3) is 0 Å². The lowest BCUT2D eigenvalue weighted by Crippen LogP contribution is -2.51. The van der Waals surface area contributed by atoms with Crippen molar-refractivity contribution in [3.8, 4) is 0 Å². The molecular weight excluding hydrogens is 302 g/mol. The van der Waals surface area contributed by atoms with Crippen molar-refractivity contribution in [1.82, 2.24) is 15.8 Å². The van der Waals surface area contributed by atoms with Crippen LogP contribution in [0.3, 0.4) is 0 Å². The molecule has 4 atom stereocenters. The Bertz CT molecular complexity index is 527. The van der Waals surface area contributed by atoms with Crippen molar-refractivity contribution in [2.45, 2.75) is 32.1 Å². The van der Waals surface area contributed by atoms with Crippen molar-refractivity contribution >= 4 is 17.5 Å². The number of morpholine rings is 1. The summed E-state index contributed by atoms with van der Waals surface area (Å²) in [6.07, 6.45) is 0.174. The summed E-state index contributed by atoms with van der Waals surface area (Å²) in [7, 11) is 0. The van der Waals surface area contributed by atoms with Crippen LogP contribution in [-0.2, 0) is 9.53 Å². The Morgan fingerprint density at radius 3 is 2.50 bits per heavy atom. The Morgan fingerprint density at radius 2 is 1.86 bits per heavy atom. The second-order valence-corrected chi connectivity index (χ2v) is 6.60. The molecule has 1 aromatic rings. The molecule has 0 aliphatic carbocycles. The van der Waals surface area contributed by atoms with E-state index in [4.69, 9.17) is 16.3 Å². The number of benzene rings is 1. The van der Waals surface area contributed by atoms with E-state index in [0.717, 1.165) is 5.56 Å². The van der Waals surface area contributed by atoms with Crippen LogP contribution in [0.5, 0.6) is 0 Å². The maximum Gasteiger partial charge on any atom is 0.229 e. The number of hydrogen-bond donors (Lipinski definition) is 2. The molecule has 0 aromatic heterocycles. The highest BCUT2D eigenvalue weighted by molar-refractivity contribution is 6.30. The summed E-state index contributed by atoms with van der Waals surface area (Å²) in [5.74, 6) is 0.0677. The number of hydrogen-bond acceptors (Lipinski definition) is 4. The lowest BCUT2D eigenvalue weighted by molar-refractivity contribution is -0.147. The minimum Gasteiger partial charge on any atom is -0.372 e. The van der Waals surface area contributed by atoms with E-state index < -0.39 is 0 Å². The third-order valence-electron chi connectivity index (χ3n) is 4.26. The summed E-state index contributed by atoms with van der Waals surface area (Å²) < 4.78 is 5.71. The number of rotatable bonds is 2. The summed E-state index contributed by atoms with van der Waals surface area (Å²) in [4.78, 5) is 14.8. The predicted molar refractivity (Wildman–Crippen MR) is 85.4 cm³/mol. The summed E-state index contributed by atoms with van der Waals surface area (Å²) in [6, 6.07) is 7.63. The highest BCUT2D eigenvalue weighted by atomic mass is 35.5. The fourth-order valence-corrected chi connectivity index (χ4v) is 3.43. The van der Waals surface area contributed by atoms with Gasteiger partial charge < -0.3 is 9.64 Å². The number of carbonyl (C=O) groups excluding carboxylic acids is 1. The number of amides is 1. The van der Waals surface area contributed by atoms with E-state index in [1.165, 1.54) is 0 Å². The number of nitrogens with zero attached hydrogens (tertiary/aromatic N) is 1. The summed E-state index contributed by atoms with van der Waals surface area (Å²) >= 11 is 5.95. The van der Waals surface area contributed by atoms with E-state index in [-0.39, 0.29) is 30.1 Å². The van der Waals surface area contributed by atoms with Crippen molar-refractivity contribution < 1.29 is 9.53 Å². The molecule has 2 aliphatic heterocycles. The van der Waals surface area contributed by atoms with Crippen molar-refractivity contribution in [3.05, 3.63) is 34.9 Å². The molecule has 1 aromatic carbocycles. The van der Waals surface area contributed by atoms with Crippen LogP contribution in [0.2, 0.25) is 5.02 Å². The van der Waals surface area contributed by atoms with Crippen molar-refractivity contribution in [2.24, 2.45) is 5.92 Å². The highest BCUT2D eigenvalue weighted by Gasteiger charge is 2.38. The average molecular weight is 324 g/mol. The third-order valence-corrected chi connectivity index (χ3v) is 4.51. The van der Waals surface area contributed by atoms with Crippen molar-refractivity contribution in [1.29, 1.82) is 0 Å². The average Bonchev–Trinajstić information content (AvgIpc) is 2.95. The molecule has 3 rings (SSSR count). The Hall–Kier alpha value is -1.14. The Morgan fingerprint density at radius 1 is 1.23 bits per heavy atom. The molecule has 22 heavy (non-hydrogen) atoms. The number of nitrogens with one attached hydrogen (secondary N) is 2. The van der Waals surface area contributed by atoms with Gasteiger partial charge in [-0.1, -0.05) is 23.7 Å². The molecule has 5 nitrogen and oxygen atoms in total. The summed E-state index contributed by atoms with van der Waals surface area (Å²) in [5, 5.41) is 0.702. The molecule has 2 saturated heterocycles. The Balaban J connectivity index is 1.74. The van der Waals surface area contributed by atoms with Gasteiger partial charge in [-0.3, -0.25) is 10.2 Å². The minimum atomic E-state index is -0.112. The molecule has 120 valence electrons. The van der Waals surface area contributed by atoms with Gasteiger partial charge in [-0.15, -0.1) is 0 Å². The van der Waals surface area contributed by atoms with Crippen LogP contribution in [-0.4, -0.2) is 42.6 Å². The van der Waals surface area contributed by atoms with Crippen molar-refractivity contribution in [3.63, 3.8) is 0 Å². The van der Waals surface area contributed by atoms with Crippen LogP contribution < -0.4 is 10.9 Å². The summed E-state index contributed by atoms with van der Waals surface area (Å²) in [5.41, 5.74) is 7.40. The molecule has 2 N–H and O–H groups in total. The molecule has 2 heterocycles. The first-order valence-electron chi connectivity index (χ1n) is 7.72. The maximum atomic E-state index is 12.9. The first-order valence-corrected chi connectivity index (χ1v) is 8.10. The topological polar surface area (TPSA) is 53.6 Å². The van der Waals surface area contributed by atoms with Gasteiger partial charge in [0.05, 0.1) is 24.2 Å². The molecule has 4 unspecified atom stereocenters. The number of hydrazine groups is 1. The first-order chi connectivity index (χ1) is 10.5. The van der Waals surface area contributed by atoms with Gasteiger partial charge in [-0.2, -0.15) is 0 Å². The second-order valence-electron chi connectivity index (χ2n) is 6.16. The quantitative estimate of drug-likeness (QED) is 0.870. The molecule has 1 amide bonds. The zero-order valence-corrected chi connectivity index (χ0v) is 13.6. The first kappa shape index (κ1) is 15.7. The van der Waals surface area contributed by atoms with Crippen LogP contribution >= 0.6 is 11.6 Å². The Kier molecular flexibility index (Phi) is 4.68. The van der Waals surface area contributed by atoms with E-state index in [2.05, 4.69) is 10.9 Å². The smallest absolute Gasteiger partial charge is 0.229 e. The van der Waals surface area contributed by atoms with E-state index in [1.54, 1.807) is 0 Å². The molecule has 0 saturated carbocycles. The lowest BCUT2D eigenvalue weighted by Gasteiger charge is -2.37. The van der Waals surface area contributed by atoms with Crippen LogP contribution in [0, 0.1) is 5.92 Å². The highest BCUT2D eigenvalue weighted by Crippen LogP contribution is 2.28. The van der Waals surface area contributed by atoms with Crippen LogP contribution in [0.25, 0.3) is 0 Å². The van der Waals surface area contributed by atoms with Gasteiger partial charge in [0, 0.05) is 24.7 Å². The van der Waals surface area contributed by atoms with Gasteiger partial charge in [0.2, 0.25) is 5.91 Å². The normalized spacial score (nSPS) is 32.2. The molecule has 0 radical (unpaired) electrons. The van der Waals surface area contributed by atoms with Gasteiger partial charge >= 0.3 is 0 Å². The molecule has 2 fully saturated rings. The standard InChI is InChI=1S/C16H22ClN3O2/c1-10-8-20(9-11(2)22-10)16(21)14-7-18-19-15(14)12-3-5-13(17)6-4-12/h3-6,10-11,14-15,18-19H,7-9H2,1-2H3. The molecule has 2 aliphatic rings. The molecule has 0 spiro atoms. The maximum absolute atomic E-state index is 12.9. The summed E-state index contributed by atoms with van der Waals surface area (Å²) in [6.45, 7) is 5.97. The second kappa shape index (κ2) is 6.54. The zero-order valence-electron chi connectivity index (χ0n) is 12.9. The number of ether oxygens (including phenoxy) is 1. The Labute approximate surface area is 135 Å². The molecule has 6 heteroatoms. The van der Waals surface area contributed by atoms with E-state index in [9.17, 15) is 4.79 Å². The van der Waals surface area contributed by atoms with Gasteiger partial charge in [0.15, 0.2) is 0 Å². The van der Waals surface area contributed by atoms with Gasteiger partial charge in [-0.25, -0.2) is 5.43 Å². The van der Waals surface area contributed by atoms with Gasteiger partial charge in [-0.05, 0) is 31.5 Å². The minimum absolute atomic E-state index is 0.0294. The van der Waals surface area contributed by atoms with Crippen LogP contribution in [0.1, 0.15) is 25.5 Å². The fourth-order valence-electron chi connectivity index (χ4n) is 3.31. The largest absolute Gasteiger partial charge is 0.372 e. The number of carbonyl (C=O) groups is 1. The monoisotopic (exact) mass is 323 g/mol. The lowest BCUT2D eigenvalue weighted by atomic mass is 9.93. The fraction of sp³-hybridized carbons (Fsp3) is 0.562. The van der Waals surface area contributed by atoms with Gasteiger partial charge in [0.1, 0.15) is 0 Å². The van der Waals surface area contributed by atoms with E-state index >= 15 is 0 Å². The molecule has 0 bridgehead atoms.